The van der Waals surface area contributed by atoms with Crippen LogP contribution in [0.3, 0.4) is 0 Å². The second-order valence-corrected chi connectivity index (χ2v) is 9.53. The Bertz CT molecular complexity index is 1120. The summed E-state index contributed by atoms with van der Waals surface area (Å²) >= 11 is 13.6. The lowest BCUT2D eigenvalue weighted by molar-refractivity contribution is -0.115. The number of ether oxygens (including phenoxy) is 1. The first-order valence-corrected chi connectivity index (χ1v) is 11.8. The van der Waals surface area contributed by atoms with Gasteiger partial charge in [0.15, 0.2) is 5.16 Å². The van der Waals surface area contributed by atoms with Crippen molar-refractivity contribution >= 4 is 52.5 Å². The summed E-state index contributed by atoms with van der Waals surface area (Å²) in [5, 5.41) is 12.9. The van der Waals surface area contributed by atoms with E-state index in [1.807, 2.05) is 42.7 Å². The van der Waals surface area contributed by atoms with Crippen molar-refractivity contribution in [2.45, 2.75) is 24.3 Å². The number of amides is 1. The number of nitrogens with zero attached hydrogens (tertiary/aromatic N) is 4. The fourth-order valence-electron chi connectivity index (χ4n) is 3.37. The average molecular weight is 492 g/mol. The number of anilines is 2. The quantitative estimate of drug-likeness (QED) is 0.497. The van der Waals surface area contributed by atoms with Gasteiger partial charge in [-0.2, -0.15) is 0 Å². The van der Waals surface area contributed by atoms with Crippen molar-refractivity contribution < 1.29 is 9.53 Å². The highest BCUT2D eigenvalue weighted by Crippen LogP contribution is 2.32. The van der Waals surface area contributed by atoms with Gasteiger partial charge in [-0.25, -0.2) is 0 Å². The van der Waals surface area contributed by atoms with Crippen LogP contribution in [0.5, 0.6) is 0 Å². The molecule has 1 atom stereocenters. The highest BCUT2D eigenvalue weighted by Gasteiger charge is 2.25. The molecule has 0 radical (unpaired) electrons. The maximum absolute atomic E-state index is 12.9. The maximum Gasteiger partial charge on any atom is 0.237 e. The molecule has 1 unspecified atom stereocenters. The van der Waals surface area contributed by atoms with Crippen LogP contribution in [0.4, 0.5) is 11.6 Å². The van der Waals surface area contributed by atoms with Gasteiger partial charge in [0.2, 0.25) is 11.9 Å². The number of hydrogen-bond donors (Lipinski definition) is 1. The summed E-state index contributed by atoms with van der Waals surface area (Å²) in [5.74, 6) is 0.544. The van der Waals surface area contributed by atoms with Crippen molar-refractivity contribution in [3.8, 4) is 5.69 Å². The zero-order chi connectivity index (χ0) is 22.7. The SMILES string of the molecule is Cc1ccccc1-n1c(SC(C)C(=O)Nc2cc(Cl)ccc2Cl)nnc1N1CCOCC1. The predicted octanol–water partition coefficient (Wildman–Crippen LogP) is 4.84. The molecule has 1 aromatic heterocycles. The molecular formula is C22H23Cl2N5O2S. The van der Waals surface area contributed by atoms with E-state index in [2.05, 4.69) is 20.4 Å². The van der Waals surface area contributed by atoms with E-state index in [0.29, 0.717) is 34.1 Å². The molecule has 1 fully saturated rings. The first-order chi connectivity index (χ1) is 15.4. The molecule has 0 spiro atoms. The lowest BCUT2D eigenvalue weighted by Gasteiger charge is -2.28. The summed E-state index contributed by atoms with van der Waals surface area (Å²) in [5.41, 5.74) is 2.55. The van der Waals surface area contributed by atoms with Gasteiger partial charge in [0, 0.05) is 18.1 Å². The van der Waals surface area contributed by atoms with Crippen molar-refractivity contribution in [3.05, 3.63) is 58.1 Å². The predicted molar refractivity (Wildman–Crippen MR) is 130 cm³/mol. The number of rotatable bonds is 6. The Labute approximate surface area is 201 Å². The number of carbonyl (C=O) groups is 1. The van der Waals surface area contributed by atoms with Gasteiger partial charge in [0.05, 0.1) is 34.9 Å². The Hall–Kier alpha value is -2.26. The molecule has 1 amide bonds. The van der Waals surface area contributed by atoms with Crippen LogP contribution in [-0.2, 0) is 9.53 Å². The third kappa shape index (κ3) is 5.04. The smallest absolute Gasteiger partial charge is 0.237 e. The number of nitrogens with one attached hydrogen (secondary N) is 1. The number of aryl methyl sites for hydroxylation is 1. The summed E-state index contributed by atoms with van der Waals surface area (Å²) in [6.07, 6.45) is 0. The van der Waals surface area contributed by atoms with Gasteiger partial charge >= 0.3 is 0 Å². The van der Waals surface area contributed by atoms with Crippen LogP contribution < -0.4 is 10.2 Å². The fourth-order valence-corrected chi connectivity index (χ4v) is 4.56. The highest BCUT2D eigenvalue weighted by atomic mass is 35.5. The molecule has 0 bridgehead atoms. The molecule has 32 heavy (non-hydrogen) atoms. The lowest BCUT2D eigenvalue weighted by Crippen LogP contribution is -2.38. The fraction of sp³-hybridized carbons (Fsp3) is 0.318. The number of halogens is 2. The van der Waals surface area contributed by atoms with Crippen LogP contribution in [-0.4, -0.2) is 52.2 Å². The number of para-hydroxylation sites is 1. The minimum Gasteiger partial charge on any atom is -0.378 e. The molecule has 168 valence electrons. The van der Waals surface area contributed by atoms with Gasteiger partial charge < -0.3 is 15.0 Å². The Kier molecular flexibility index (Phi) is 7.25. The average Bonchev–Trinajstić information content (AvgIpc) is 3.20. The van der Waals surface area contributed by atoms with Crippen molar-refractivity contribution in [3.63, 3.8) is 0 Å². The molecule has 3 aromatic rings. The minimum absolute atomic E-state index is 0.202. The minimum atomic E-state index is -0.449. The molecule has 1 N–H and O–H groups in total. The number of morpholine rings is 1. The zero-order valence-electron chi connectivity index (χ0n) is 17.7. The Balaban J connectivity index is 1.61. The molecule has 4 rings (SSSR count). The van der Waals surface area contributed by atoms with E-state index in [9.17, 15) is 4.79 Å². The molecule has 0 aliphatic carbocycles. The Morgan fingerprint density at radius 2 is 1.91 bits per heavy atom. The molecule has 1 saturated heterocycles. The van der Waals surface area contributed by atoms with E-state index >= 15 is 0 Å². The second-order valence-electron chi connectivity index (χ2n) is 7.38. The van der Waals surface area contributed by atoms with Gasteiger partial charge in [-0.05, 0) is 43.7 Å². The zero-order valence-corrected chi connectivity index (χ0v) is 20.0. The van der Waals surface area contributed by atoms with Crippen molar-refractivity contribution in [2.24, 2.45) is 0 Å². The second kappa shape index (κ2) is 10.1. The summed E-state index contributed by atoms with van der Waals surface area (Å²) in [7, 11) is 0. The highest BCUT2D eigenvalue weighted by molar-refractivity contribution is 8.00. The molecule has 2 aromatic carbocycles. The van der Waals surface area contributed by atoms with Crippen LogP contribution in [0, 0.1) is 6.92 Å². The molecule has 7 nitrogen and oxygen atoms in total. The summed E-state index contributed by atoms with van der Waals surface area (Å²) < 4.78 is 7.51. The van der Waals surface area contributed by atoms with Crippen molar-refractivity contribution in [2.75, 3.05) is 36.5 Å². The van der Waals surface area contributed by atoms with Crippen LogP contribution >= 0.6 is 35.0 Å². The molecule has 10 heteroatoms. The van der Waals surface area contributed by atoms with E-state index in [4.69, 9.17) is 27.9 Å². The first-order valence-electron chi connectivity index (χ1n) is 10.2. The summed E-state index contributed by atoms with van der Waals surface area (Å²) in [6, 6.07) is 13.0. The number of carbonyl (C=O) groups excluding carboxylic acids is 1. The molecular weight excluding hydrogens is 469 g/mol. The summed E-state index contributed by atoms with van der Waals surface area (Å²) in [6.45, 7) is 6.62. The number of benzene rings is 2. The van der Waals surface area contributed by atoms with Crippen molar-refractivity contribution in [1.82, 2.24) is 14.8 Å². The van der Waals surface area contributed by atoms with Crippen molar-refractivity contribution in [1.29, 1.82) is 0 Å². The van der Waals surface area contributed by atoms with E-state index in [-0.39, 0.29) is 5.91 Å². The van der Waals surface area contributed by atoms with Crippen LogP contribution in [0.25, 0.3) is 5.69 Å². The third-order valence-corrected chi connectivity index (χ3v) is 6.71. The Morgan fingerprint density at radius 3 is 2.66 bits per heavy atom. The lowest BCUT2D eigenvalue weighted by atomic mass is 10.2. The number of aromatic nitrogens is 3. The largest absolute Gasteiger partial charge is 0.378 e. The van der Waals surface area contributed by atoms with Gasteiger partial charge in [0.1, 0.15) is 0 Å². The van der Waals surface area contributed by atoms with E-state index in [1.54, 1.807) is 18.2 Å². The van der Waals surface area contributed by atoms with Crippen LogP contribution in [0.1, 0.15) is 12.5 Å². The third-order valence-electron chi connectivity index (χ3n) is 5.10. The number of hydrogen-bond acceptors (Lipinski definition) is 6. The van der Waals surface area contributed by atoms with Gasteiger partial charge in [-0.1, -0.05) is 53.2 Å². The van der Waals surface area contributed by atoms with Crippen LogP contribution in [0.2, 0.25) is 10.0 Å². The molecule has 1 aliphatic heterocycles. The molecule has 2 heterocycles. The Morgan fingerprint density at radius 1 is 1.16 bits per heavy atom. The summed E-state index contributed by atoms with van der Waals surface area (Å²) in [4.78, 5) is 15.0. The molecule has 0 saturated carbocycles. The van der Waals surface area contributed by atoms with E-state index in [0.717, 1.165) is 30.3 Å². The van der Waals surface area contributed by atoms with Crippen LogP contribution in [0.15, 0.2) is 47.6 Å². The van der Waals surface area contributed by atoms with Gasteiger partial charge in [-0.15, -0.1) is 10.2 Å². The van der Waals surface area contributed by atoms with Gasteiger partial charge in [0.25, 0.3) is 0 Å². The monoisotopic (exact) mass is 491 g/mol. The first kappa shape index (κ1) is 22.9. The van der Waals surface area contributed by atoms with E-state index < -0.39 is 5.25 Å². The number of thioether (sulfide) groups is 1. The standard InChI is InChI=1S/C22H23Cl2N5O2S/c1-14-5-3-4-6-19(14)29-21(28-9-11-31-12-10-28)26-27-22(29)32-15(2)20(30)25-18-13-16(23)7-8-17(18)24/h3-8,13,15H,9-12H2,1-2H3,(H,25,30). The normalized spacial score (nSPS) is 14.9. The maximum atomic E-state index is 12.9. The topological polar surface area (TPSA) is 72.3 Å². The van der Waals surface area contributed by atoms with Gasteiger partial charge in [-0.3, -0.25) is 9.36 Å². The van der Waals surface area contributed by atoms with E-state index in [1.165, 1.54) is 11.8 Å². The molecule has 1 aliphatic rings.